The second-order valence-electron chi connectivity index (χ2n) is 5.79. The van der Waals surface area contributed by atoms with Crippen LogP contribution in [0.15, 0.2) is 59.1 Å². The smallest absolute Gasteiger partial charge is 0.306 e. The highest BCUT2D eigenvalue weighted by Gasteiger charge is 2.13. The van der Waals surface area contributed by atoms with Crippen molar-refractivity contribution in [3.63, 3.8) is 0 Å². The van der Waals surface area contributed by atoms with E-state index >= 15 is 0 Å². The van der Waals surface area contributed by atoms with Gasteiger partial charge < -0.3 is 10.1 Å². The van der Waals surface area contributed by atoms with Crippen LogP contribution in [0.5, 0.6) is 0 Å². The van der Waals surface area contributed by atoms with Gasteiger partial charge in [-0.25, -0.2) is 0 Å². The highest BCUT2D eigenvalue weighted by atomic mass is 79.9. The maximum absolute atomic E-state index is 12.0. The van der Waals surface area contributed by atoms with E-state index in [1.807, 2.05) is 37.3 Å². The zero-order chi connectivity index (χ0) is 18.9. The van der Waals surface area contributed by atoms with Crippen LogP contribution in [0.25, 0.3) is 0 Å². The minimum atomic E-state index is -0.571. The lowest BCUT2D eigenvalue weighted by atomic mass is 10.1. The minimum absolute atomic E-state index is 0.0441. The van der Waals surface area contributed by atoms with Gasteiger partial charge in [0, 0.05) is 16.5 Å². The summed E-state index contributed by atoms with van der Waals surface area (Å²) in [6.07, 6.45) is -0.0150. The van der Waals surface area contributed by atoms with Gasteiger partial charge in [-0.3, -0.25) is 14.4 Å². The van der Waals surface area contributed by atoms with E-state index in [0.717, 1.165) is 10.0 Å². The molecular formula is C20H20BrNO4. The van der Waals surface area contributed by atoms with Crippen molar-refractivity contribution in [1.29, 1.82) is 0 Å². The van der Waals surface area contributed by atoms with Gasteiger partial charge in [-0.15, -0.1) is 0 Å². The molecule has 0 bridgehead atoms. The normalized spacial score (nSPS) is 11.5. The summed E-state index contributed by atoms with van der Waals surface area (Å²) in [6.45, 7) is 1.49. The molecule has 1 atom stereocenters. The summed E-state index contributed by atoms with van der Waals surface area (Å²) in [4.78, 5) is 35.6. The Bertz CT molecular complexity index is 759. The summed E-state index contributed by atoms with van der Waals surface area (Å²) in [5.41, 5.74) is 1.50. The number of benzene rings is 2. The maximum atomic E-state index is 12.0. The van der Waals surface area contributed by atoms with Crippen LogP contribution < -0.4 is 5.32 Å². The number of amides is 1. The van der Waals surface area contributed by atoms with E-state index in [0.29, 0.717) is 5.56 Å². The number of ketones is 1. The molecule has 1 N–H and O–H groups in total. The lowest BCUT2D eigenvalue weighted by Crippen LogP contribution is -2.31. The van der Waals surface area contributed by atoms with Crippen molar-refractivity contribution in [1.82, 2.24) is 5.32 Å². The van der Waals surface area contributed by atoms with Gasteiger partial charge in [-0.1, -0.05) is 58.4 Å². The van der Waals surface area contributed by atoms with Gasteiger partial charge in [-0.2, -0.15) is 0 Å². The van der Waals surface area contributed by atoms with Gasteiger partial charge in [0.15, 0.2) is 12.4 Å². The van der Waals surface area contributed by atoms with E-state index < -0.39 is 5.97 Å². The Morgan fingerprint density at radius 2 is 1.65 bits per heavy atom. The van der Waals surface area contributed by atoms with Gasteiger partial charge >= 0.3 is 5.97 Å². The Hall–Kier alpha value is -2.47. The van der Waals surface area contributed by atoms with Crippen molar-refractivity contribution in [2.24, 2.45) is 0 Å². The van der Waals surface area contributed by atoms with E-state index in [1.54, 1.807) is 24.3 Å². The largest absolute Gasteiger partial charge is 0.456 e. The molecule has 0 unspecified atom stereocenters. The second kappa shape index (κ2) is 9.87. The Balaban J connectivity index is 1.70. The van der Waals surface area contributed by atoms with Crippen molar-refractivity contribution < 1.29 is 19.1 Å². The van der Waals surface area contributed by atoms with Crippen molar-refractivity contribution in [2.45, 2.75) is 25.8 Å². The highest BCUT2D eigenvalue weighted by molar-refractivity contribution is 9.10. The number of hydrogen-bond acceptors (Lipinski definition) is 4. The first-order valence-corrected chi connectivity index (χ1v) is 9.03. The Kier molecular flexibility index (Phi) is 7.53. The van der Waals surface area contributed by atoms with Crippen molar-refractivity contribution in [3.05, 3.63) is 70.2 Å². The number of carbonyl (C=O) groups is 3. The lowest BCUT2D eigenvalue weighted by Gasteiger charge is -2.14. The molecule has 6 heteroatoms. The van der Waals surface area contributed by atoms with Gasteiger partial charge in [-0.05, 0) is 24.6 Å². The number of hydrogen-bond donors (Lipinski definition) is 1. The third kappa shape index (κ3) is 6.44. The van der Waals surface area contributed by atoms with Crippen molar-refractivity contribution in [3.8, 4) is 0 Å². The summed E-state index contributed by atoms with van der Waals surface area (Å²) in [7, 11) is 0. The monoisotopic (exact) mass is 417 g/mol. The van der Waals surface area contributed by atoms with E-state index in [9.17, 15) is 14.4 Å². The van der Waals surface area contributed by atoms with Crippen LogP contribution in [0.2, 0.25) is 0 Å². The molecular weight excluding hydrogens is 398 g/mol. The Morgan fingerprint density at radius 1 is 1.00 bits per heavy atom. The van der Waals surface area contributed by atoms with Crippen LogP contribution in [-0.2, 0) is 14.3 Å². The van der Waals surface area contributed by atoms with Crippen LogP contribution in [0.4, 0.5) is 0 Å². The number of ether oxygens (including phenoxy) is 1. The van der Waals surface area contributed by atoms with Gasteiger partial charge in [0.25, 0.3) is 5.91 Å². The minimum Gasteiger partial charge on any atom is -0.456 e. The molecule has 0 heterocycles. The molecule has 0 radical (unpaired) electrons. The number of esters is 1. The fourth-order valence-corrected chi connectivity index (χ4v) is 2.59. The van der Waals surface area contributed by atoms with Crippen LogP contribution in [0.1, 0.15) is 41.7 Å². The predicted octanol–water partition coefficient (Wildman–Crippen LogP) is 3.83. The fourth-order valence-electron chi connectivity index (χ4n) is 2.32. The number of rotatable bonds is 8. The molecule has 2 aromatic carbocycles. The molecule has 136 valence electrons. The summed E-state index contributed by atoms with van der Waals surface area (Å²) in [5.74, 6) is -1.09. The first-order valence-electron chi connectivity index (χ1n) is 8.24. The van der Waals surface area contributed by atoms with Crippen LogP contribution in [-0.4, -0.2) is 24.3 Å². The number of carbonyl (C=O) groups excluding carboxylic acids is 3. The summed E-state index contributed by atoms with van der Waals surface area (Å²) in [5, 5.41) is 2.76. The Morgan fingerprint density at radius 3 is 2.31 bits per heavy atom. The zero-order valence-corrected chi connectivity index (χ0v) is 16.0. The molecule has 0 spiro atoms. The lowest BCUT2D eigenvalue weighted by molar-refractivity contribution is -0.148. The summed E-state index contributed by atoms with van der Waals surface area (Å²) < 4.78 is 5.81. The third-order valence-corrected chi connectivity index (χ3v) is 4.29. The number of halogens is 1. The molecule has 2 rings (SSSR count). The second-order valence-corrected chi connectivity index (χ2v) is 6.71. The van der Waals surface area contributed by atoms with Crippen molar-refractivity contribution >= 4 is 33.6 Å². The molecule has 5 nitrogen and oxygen atoms in total. The summed E-state index contributed by atoms with van der Waals surface area (Å²) in [6, 6.07) is 16.2. The zero-order valence-electron chi connectivity index (χ0n) is 14.4. The molecule has 0 fully saturated rings. The molecule has 0 aliphatic heterocycles. The van der Waals surface area contributed by atoms with Crippen LogP contribution in [0.3, 0.4) is 0 Å². The standard InChI is InChI=1S/C20H20BrNO4/c1-14(15-5-3-2-4-6-15)22-19(24)13-26-20(25)12-11-18(23)16-7-9-17(21)10-8-16/h2-10,14H,11-13H2,1H3,(H,22,24)/t14-/m1/s1. The highest BCUT2D eigenvalue weighted by Crippen LogP contribution is 2.13. The molecule has 1 amide bonds. The first kappa shape index (κ1) is 19.8. The number of Topliss-reactive ketones (excluding diaryl/α,β-unsaturated/α-hetero) is 1. The molecule has 0 saturated heterocycles. The van der Waals surface area contributed by atoms with Crippen molar-refractivity contribution in [2.75, 3.05) is 6.61 Å². The SMILES string of the molecule is C[C@@H](NC(=O)COC(=O)CCC(=O)c1ccc(Br)cc1)c1ccccc1. The average Bonchev–Trinajstić information content (AvgIpc) is 2.65. The summed E-state index contributed by atoms with van der Waals surface area (Å²) >= 11 is 3.30. The van der Waals surface area contributed by atoms with Crippen LogP contribution >= 0.6 is 15.9 Å². The van der Waals surface area contributed by atoms with E-state index in [1.165, 1.54) is 0 Å². The predicted molar refractivity (Wildman–Crippen MR) is 102 cm³/mol. The molecule has 0 aliphatic rings. The molecule has 2 aromatic rings. The van der Waals surface area contributed by atoms with Gasteiger partial charge in [0.2, 0.25) is 0 Å². The third-order valence-electron chi connectivity index (χ3n) is 3.76. The molecule has 0 aliphatic carbocycles. The molecule has 26 heavy (non-hydrogen) atoms. The average molecular weight is 418 g/mol. The van der Waals surface area contributed by atoms with Gasteiger partial charge in [0.05, 0.1) is 12.5 Å². The molecule has 0 saturated carbocycles. The van der Waals surface area contributed by atoms with E-state index in [2.05, 4.69) is 21.2 Å². The first-order chi connectivity index (χ1) is 12.5. The van der Waals surface area contributed by atoms with Crippen LogP contribution in [0, 0.1) is 0 Å². The number of nitrogens with one attached hydrogen (secondary N) is 1. The van der Waals surface area contributed by atoms with Gasteiger partial charge in [0.1, 0.15) is 0 Å². The Labute approximate surface area is 160 Å². The quantitative estimate of drug-likeness (QED) is 0.523. The topological polar surface area (TPSA) is 72.5 Å². The fraction of sp³-hybridized carbons (Fsp3) is 0.250. The molecule has 0 aromatic heterocycles. The van der Waals surface area contributed by atoms with E-state index in [-0.39, 0.29) is 37.2 Å². The van der Waals surface area contributed by atoms with E-state index in [4.69, 9.17) is 4.74 Å². The maximum Gasteiger partial charge on any atom is 0.306 e.